The van der Waals surface area contributed by atoms with Gasteiger partial charge in [-0.1, -0.05) is 0 Å². The molecule has 0 radical (unpaired) electrons. The topological polar surface area (TPSA) is 47.5 Å². The van der Waals surface area contributed by atoms with Crippen LogP contribution in [-0.4, -0.2) is 78.2 Å². The number of hydrogen-bond acceptors (Lipinski definition) is 6. The molecular formula is C15H26N6. The molecule has 0 aliphatic carbocycles. The zero-order valence-corrected chi connectivity index (χ0v) is 13.3. The maximum Gasteiger partial charge on any atom is 0.227 e. The number of aromatic nitrogens is 2. The fourth-order valence-electron chi connectivity index (χ4n) is 3.17. The molecule has 2 aliphatic rings. The van der Waals surface area contributed by atoms with Gasteiger partial charge in [-0.15, -0.1) is 0 Å². The van der Waals surface area contributed by atoms with Crippen LogP contribution in [0.2, 0.25) is 0 Å². The highest BCUT2D eigenvalue weighted by Gasteiger charge is 2.31. The van der Waals surface area contributed by atoms with Crippen LogP contribution in [0.1, 0.15) is 13.8 Å². The van der Waals surface area contributed by atoms with Gasteiger partial charge in [0.1, 0.15) is 5.82 Å². The zero-order chi connectivity index (χ0) is 14.8. The molecule has 116 valence electrons. The van der Waals surface area contributed by atoms with Crippen LogP contribution in [0.25, 0.3) is 0 Å². The van der Waals surface area contributed by atoms with Crippen molar-refractivity contribution < 1.29 is 0 Å². The minimum atomic E-state index is 0.386. The largest absolute Gasteiger partial charge is 0.368 e. The van der Waals surface area contributed by atoms with Crippen molar-refractivity contribution in [2.24, 2.45) is 0 Å². The summed E-state index contributed by atoms with van der Waals surface area (Å²) in [6.45, 7) is 10.9. The second kappa shape index (κ2) is 6.15. The molecule has 6 heteroatoms. The van der Waals surface area contributed by atoms with Crippen LogP contribution in [0.15, 0.2) is 12.3 Å². The first-order valence-electron chi connectivity index (χ1n) is 7.89. The van der Waals surface area contributed by atoms with Gasteiger partial charge >= 0.3 is 0 Å². The van der Waals surface area contributed by atoms with E-state index in [0.717, 1.165) is 37.9 Å². The lowest BCUT2D eigenvalue weighted by Crippen LogP contribution is -2.61. The molecule has 1 atom stereocenters. The summed E-state index contributed by atoms with van der Waals surface area (Å²) in [5, 5.41) is 3.35. The lowest BCUT2D eigenvalue weighted by atomic mass is 10.1. The highest BCUT2D eigenvalue weighted by atomic mass is 15.4. The molecule has 0 saturated carbocycles. The van der Waals surface area contributed by atoms with E-state index < -0.39 is 0 Å². The highest BCUT2D eigenvalue weighted by molar-refractivity contribution is 5.42. The van der Waals surface area contributed by atoms with E-state index >= 15 is 0 Å². The Hall–Kier alpha value is -1.40. The fourth-order valence-corrected chi connectivity index (χ4v) is 3.17. The van der Waals surface area contributed by atoms with Gasteiger partial charge < -0.3 is 15.1 Å². The molecule has 0 amide bonds. The first kappa shape index (κ1) is 14.5. The average molecular weight is 290 g/mol. The molecule has 2 aliphatic heterocycles. The van der Waals surface area contributed by atoms with E-state index in [1.807, 2.05) is 12.3 Å². The van der Waals surface area contributed by atoms with E-state index in [4.69, 9.17) is 0 Å². The molecule has 2 saturated heterocycles. The van der Waals surface area contributed by atoms with E-state index in [1.54, 1.807) is 0 Å². The Balaban J connectivity index is 1.69. The smallest absolute Gasteiger partial charge is 0.227 e. The van der Waals surface area contributed by atoms with Crippen LogP contribution in [0.3, 0.4) is 0 Å². The fraction of sp³-hybridized carbons (Fsp3) is 0.733. The van der Waals surface area contributed by atoms with Gasteiger partial charge in [0.15, 0.2) is 0 Å². The van der Waals surface area contributed by atoms with Gasteiger partial charge in [-0.05, 0) is 27.0 Å². The molecule has 6 nitrogen and oxygen atoms in total. The standard InChI is InChI=1S/C15H26N6/c1-12(2)17-14-4-5-16-15(18-14)21-9-8-20-7-6-19(3)10-13(20)11-21/h4-5,12-13H,6-11H2,1-3H3,(H,16,17,18). The Bertz CT molecular complexity index is 477. The van der Waals surface area contributed by atoms with Crippen molar-refractivity contribution in [2.45, 2.75) is 25.9 Å². The number of hydrogen-bond donors (Lipinski definition) is 1. The van der Waals surface area contributed by atoms with Crippen molar-refractivity contribution in [1.82, 2.24) is 19.8 Å². The van der Waals surface area contributed by atoms with Gasteiger partial charge in [0.2, 0.25) is 5.95 Å². The summed E-state index contributed by atoms with van der Waals surface area (Å²) in [6.07, 6.45) is 1.85. The second-order valence-electron chi connectivity index (χ2n) is 6.44. The van der Waals surface area contributed by atoms with Crippen molar-refractivity contribution in [1.29, 1.82) is 0 Å². The minimum Gasteiger partial charge on any atom is -0.368 e. The molecular weight excluding hydrogens is 264 g/mol. The molecule has 1 unspecified atom stereocenters. The van der Waals surface area contributed by atoms with E-state index in [0.29, 0.717) is 12.1 Å². The highest BCUT2D eigenvalue weighted by Crippen LogP contribution is 2.19. The molecule has 1 aromatic heterocycles. The Morgan fingerprint density at radius 3 is 2.81 bits per heavy atom. The number of nitrogens with one attached hydrogen (secondary N) is 1. The molecule has 0 aromatic carbocycles. The van der Waals surface area contributed by atoms with Gasteiger partial charge in [0.05, 0.1) is 0 Å². The number of rotatable bonds is 3. The Morgan fingerprint density at radius 1 is 1.19 bits per heavy atom. The van der Waals surface area contributed by atoms with E-state index in [9.17, 15) is 0 Å². The SMILES string of the molecule is CC(C)Nc1ccnc(N2CCN3CCN(C)CC3C2)n1. The Morgan fingerprint density at radius 2 is 2.00 bits per heavy atom. The monoisotopic (exact) mass is 290 g/mol. The van der Waals surface area contributed by atoms with Crippen molar-refractivity contribution >= 4 is 11.8 Å². The lowest BCUT2D eigenvalue weighted by molar-refractivity contribution is 0.0802. The van der Waals surface area contributed by atoms with E-state index in [2.05, 4.69) is 50.9 Å². The zero-order valence-electron chi connectivity index (χ0n) is 13.3. The molecule has 2 fully saturated rings. The summed E-state index contributed by atoms with van der Waals surface area (Å²) in [6, 6.07) is 2.92. The van der Waals surface area contributed by atoms with E-state index in [-0.39, 0.29) is 0 Å². The van der Waals surface area contributed by atoms with Crippen LogP contribution in [0.5, 0.6) is 0 Å². The number of piperazine rings is 2. The average Bonchev–Trinajstić information content (AvgIpc) is 2.46. The first-order chi connectivity index (χ1) is 10.1. The van der Waals surface area contributed by atoms with Crippen molar-refractivity contribution in [3.05, 3.63) is 12.3 Å². The summed E-state index contributed by atoms with van der Waals surface area (Å²) in [7, 11) is 2.21. The van der Waals surface area contributed by atoms with Crippen LogP contribution in [0, 0.1) is 0 Å². The number of nitrogens with zero attached hydrogens (tertiary/aromatic N) is 5. The normalized spacial score (nSPS) is 24.2. The third kappa shape index (κ3) is 3.44. The van der Waals surface area contributed by atoms with Gasteiger partial charge in [-0.3, -0.25) is 4.90 Å². The molecule has 3 rings (SSSR count). The number of fused-ring (bicyclic) bond motifs is 1. The van der Waals surface area contributed by atoms with Crippen LogP contribution in [0.4, 0.5) is 11.8 Å². The molecule has 21 heavy (non-hydrogen) atoms. The van der Waals surface area contributed by atoms with Gasteiger partial charge in [-0.25, -0.2) is 4.98 Å². The third-order valence-electron chi connectivity index (χ3n) is 4.26. The van der Waals surface area contributed by atoms with Crippen molar-refractivity contribution in [2.75, 3.05) is 56.5 Å². The van der Waals surface area contributed by atoms with Crippen LogP contribution < -0.4 is 10.2 Å². The molecule has 3 heterocycles. The van der Waals surface area contributed by atoms with Gasteiger partial charge in [0.25, 0.3) is 0 Å². The molecule has 0 bridgehead atoms. The Kier molecular flexibility index (Phi) is 4.26. The quantitative estimate of drug-likeness (QED) is 0.886. The summed E-state index contributed by atoms with van der Waals surface area (Å²) >= 11 is 0. The minimum absolute atomic E-state index is 0.386. The summed E-state index contributed by atoms with van der Waals surface area (Å²) in [5.41, 5.74) is 0. The molecule has 1 aromatic rings. The summed E-state index contributed by atoms with van der Waals surface area (Å²) in [5.74, 6) is 1.77. The van der Waals surface area contributed by atoms with Crippen molar-refractivity contribution in [3.63, 3.8) is 0 Å². The summed E-state index contributed by atoms with van der Waals surface area (Å²) < 4.78 is 0. The van der Waals surface area contributed by atoms with Gasteiger partial charge in [-0.2, -0.15) is 4.98 Å². The Labute approximate surface area is 127 Å². The number of anilines is 2. The second-order valence-corrected chi connectivity index (χ2v) is 6.44. The van der Waals surface area contributed by atoms with Crippen LogP contribution >= 0.6 is 0 Å². The molecule has 0 spiro atoms. The predicted octanol–water partition coefficient (Wildman–Crippen LogP) is 0.733. The number of likely N-dealkylation sites (N-methyl/N-ethyl adjacent to an activating group) is 1. The van der Waals surface area contributed by atoms with Gasteiger partial charge in [0, 0.05) is 57.5 Å². The van der Waals surface area contributed by atoms with Crippen molar-refractivity contribution in [3.8, 4) is 0 Å². The lowest BCUT2D eigenvalue weighted by Gasteiger charge is -2.46. The van der Waals surface area contributed by atoms with Crippen LogP contribution in [-0.2, 0) is 0 Å². The maximum absolute atomic E-state index is 4.66. The van der Waals surface area contributed by atoms with E-state index in [1.165, 1.54) is 13.1 Å². The maximum atomic E-state index is 4.66. The summed E-state index contributed by atoms with van der Waals surface area (Å²) in [4.78, 5) is 16.5. The predicted molar refractivity (Wildman–Crippen MR) is 85.9 cm³/mol. The first-order valence-corrected chi connectivity index (χ1v) is 7.89. The third-order valence-corrected chi connectivity index (χ3v) is 4.26. The molecule has 1 N–H and O–H groups in total.